The van der Waals surface area contributed by atoms with Crippen LogP contribution in [-0.2, 0) is 13.0 Å². The van der Waals surface area contributed by atoms with Gasteiger partial charge in [-0.3, -0.25) is 14.7 Å². The van der Waals surface area contributed by atoms with Crippen molar-refractivity contribution in [3.8, 4) is 11.3 Å². The van der Waals surface area contributed by atoms with Gasteiger partial charge in [0.15, 0.2) is 0 Å². The molecule has 8 heteroatoms. The molecule has 1 fully saturated rings. The summed E-state index contributed by atoms with van der Waals surface area (Å²) in [4.78, 5) is 26.8. The average molecular weight is 577 g/mol. The molecule has 37 heavy (non-hydrogen) atoms. The lowest BCUT2D eigenvalue weighted by molar-refractivity contribution is 0.102. The molecule has 190 valence electrons. The number of thiazole rings is 1. The molecule has 5 rings (SSSR count). The Morgan fingerprint density at radius 1 is 1.08 bits per heavy atom. The van der Waals surface area contributed by atoms with Gasteiger partial charge in [-0.05, 0) is 67.1 Å². The number of nitrogens with zero attached hydrogens (tertiary/aromatic N) is 4. The molecule has 0 unspecified atom stereocenters. The molecule has 6 nitrogen and oxygen atoms in total. The van der Waals surface area contributed by atoms with Crippen molar-refractivity contribution >= 4 is 38.9 Å². The van der Waals surface area contributed by atoms with Gasteiger partial charge in [0.25, 0.3) is 5.91 Å². The number of halogens is 1. The van der Waals surface area contributed by atoms with Crippen LogP contribution in [0.15, 0.2) is 70.8 Å². The van der Waals surface area contributed by atoms with E-state index in [1.807, 2.05) is 36.5 Å². The van der Waals surface area contributed by atoms with E-state index in [0.717, 1.165) is 64.7 Å². The first-order chi connectivity index (χ1) is 17.9. The number of pyridine rings is 1. The Morgan fingerprint density at radius 2 is 1.92 bits per heavy atom. The number of carbonyl (C=O) groups is 1. The molecule has 1 aliphatic rings. The minimum absolute atomic E-state index is 0.116. The number of hydrogen-bond acceptors (Lipinski definition) is 6. The van der Waals surface area contributed by atoms with Crippen molar-refractivity contribution in [2.24, 2.45) is 0 Å². The fraction of sp³-hybridized carbons (Fsp3) is 0.276. The van der Waals surface area contributed by atoms with Crippen LogP contribution >= 0.6 is 27.3 Å². The van der Waals surface area contributed by atoms with E-state index in [9.17, 15) is 4.79 Å². The van der Waals surface area contributed by atoms with Crippen molar-refractivity contribution < 1.29 is 4.79 Å². The fourth-order valence-electron chi connectivity index (χ4n) is 4.41. The maximum absolute atomic E-state index is 13.1. The smallest absolute Gasteiger partial charge is 0.255 e. The van der Waals surface area contributed by atoms with E-state index in [4.69, 9.17) is 4.98 Å². The number of carbonyl (C=O) groups excluding carboxylic acids is 1. The van der Waals surface area contributed by atoms with E-state index in [2.05, 4.69) is 73.6 Å². The zero-order valence-corrected chi connectivity index (χ0v) is 23.5. The van der Waals surface area contributed by atoms with Crippen molar-refractivity contribution in [1.29, 1.82) is 0 Å². The monoisotopic (exact) mass is 575 g/mol. The SMILES string of the molecule is Cc1ccc(NC(=O)c2ccc(CN3CCN(C)CC3)c(Br)c2)cc1Cc1nc(-c2cccnc2)cs1. The molecule has 3 heterocycles. The maximum Gasteiger partial charge on any atom is 0.255 e. The van der Waals surface area contributed by atoms with Gasteiger partial charge in [0.05, 0.1) is 10.7 Å². The van der Waals surface area contributed by atoms with Gasteiger partial charge in [0, 0.05) is 78.2 Å². The second-order valence-electron chi connectivity index (χ2n) is 9.53. The van der Waals surface area contributed by atoms with E-state index in [1.165, 1.54) is 11.1 Å². The summed E-state index contributed by atoms with van der Waals surface area (Å²) in [5, 5.41) is 6.18. The number of rotatable bonds is 7. The van der Waals surface area contributed by atoms with Crippen LogP contribution in [0.3, 0.4) is 0 Å². The number of nitrogens with one attached hydrogen (secondary N) is 1. The Labute approximate surface area is 230 Å². The highest BCUT2D eigenvalue weighted by molar-refractivity contribution is 9.10. The second kappa shape index (κ2) is 11.6. The third-order valence-corrected chi connectivity index (χ3v) is 8.35. The summed E-state index contributed by atoms with van der Waals surface area (Å²) in [6.45, 7) is 7.28. The van der Waals surface area contributed by atoms with Gasteiger partial charge in [-0.1, -0.05) is 28.1 Å². The van der Waals surface area contributed by atoms with Crippen molar-refractivity contribution in [3.05, 3.63) is 98.0 Å². The Kier molecular flexibility index (Phi) is 8.10. The van der Waals surface area contributed by atoms with Gasteiger partial charge >= 0.3 is 0 Å². The van der Waals surface area contributed by atoms with Crippen molar-refractivity contribution in [2.75, 3.05) is 38.5 Å². The Bertz CT molecular complexity index is 1380. The molecule has 2 aromatic carbocycles. The van der Waals surface area contributed by atoms with E-state index in [-0.39, 0.29) is 5.91 Å². The molecule has 0 atom stereocenters. The summed E-state index contributed by atoms with van der Waals surface area (Å²) in [5.74, 6) is -0.116. The van der Waals surface area contributed by atoms with Gasteiger partial charge < -0.3 is 10.2 Å². The largest absolute Gasteiger partial charge is 0.322 e. The van der Waals surface area contributed by atoms with Crippen molar-refractivity contribution in [2.45, 2.75) is 19.9 Å². The molecule has 0 aliphatic carbocycles. The maximum atomic E-state index is 13.1. The lowest BCUT2D eigenvalue weighted by Gasteiger charge is -2.32. The van der Waals surface area contributed by atoms with Crippen LogP contribution in [-0.4, -0.2) is 58.9 Å². The summed E-state index contributed by atoms with van der Waals surface area (Å²) in [6, 6.07) is 15.9. The number of aryl methyl sites for hydroxylation is 1. The molecule has 0 spiro atoms. The molecular formula is C29H30BrN5OS. The standard InChI is InChI=1S/C29H30BrN5OS/c1-20-5-8-25(14-24(20)16-28-33-27(19-37-28)22-4-3-9-31-17-22)32-29(36)21-6-7-23(26(30)15-21)18-35-12-10-34(2)11-13-35/h3-9,14-15,17,19H,10-13,16,18H2,1-2H3,(H,32,36). The van der Waals surface area contributed by atoms with E-state index in [0.29, 0.717) is 12.0 Å². The van der Waals surface area contributed by atoms with Crippen LogP contribution < -0.4 is 5.32 Å². The number of hydrogen-bond donors (Lipinski definition) is 1. The number of anilines is 1. The zero-order valence-electron chi connectivity index (χ0n) is 21.1. The molecule has 1 aliphatic heterocycles. The van der Waals surface area contributed by atoms with Crippen LogP contribution in [0.25, 0.3) is 11.3 Å². The Morgan fingerprint density at radius 3 is 2.68 bits per heavy atom. The van der Waals surface area contributed by atoms with Gasteiger partial charge in [-0.15, -0.1) is 11.3 Å². The van der Waals surface area contributed by atoms with Gasteiger partial charge in [0.2, 0.25) is 0 Å². The average Bonchev–Trinajstić information content (AvgIpc) is 3.37. The molecular weight excluding hydrogens is 546 g/mol. The first kappa shape index (κ1) is 25.7. The lowest BCUT2D eigenvalue weighted by Crippen LogP contribution is -2.43. The summed E-state index contributed by atoms with van der Waals surface area (Å²) < 4.78 is 0.969. The van der Waals surface area contributed by atoms with Gasteiger partial charge in [0.1, 0.15) is 0 Å². The predicted molar refractivity (Wildman–Crippen MR) is 154 cm³/mol. The topological polar surface area (TPSA) is 61.4 Å². The van der Waals surface area contributed by atoms with Crippen LogP contribution in [0.4, 0.5) is 5.69 Å². The van der Waals surface area contributed by atoms with Crippen LogP contribution in [0.1, 0.15) is 32.1 Å². The second-order valence-corrected chi connectivity index (χ2v) is 11.3. The zero-order chi connectivity index (χ0) is 25.8. The number of amides is 1. The van der Waals surface area contributed by atoms with Crippen molar-refractivity contribution in [3.63, 3.8) is 0 Å². The molecule has 0 radical (unpaired) electrons. The summed E-state index contributed by atoms with van der Waals surface area (Å²) in [5.41, 5.74) is 6.90. The predicted octanol–water partition coefficient (Wildman–Crippen LogP) is 5.87. The Hall–Kier alpha value is -2.91. The molecule has 0 saturated carbocycles. The number of aromatic nitrogens is 2. The highest BCUT2D eigenvalue weighted by atomic mass is 79.9. The number of likely N-dealkylation sites (N-methyl/N-ethyl adjacent to an activating group) is 1. The first-order valence-corrected chi connectivity index (χ1v) is 14.1. The van der Waals surface area contributed by atoms with E-state index < -0.39 is 0 Å². The molecule has 0 bridgehead atoms. The quantitative estimate of drug-likeness (QED) is 0.299. The molecule has 4 aromatic rings. The summed E-state index contributed by atoms with van der Waals surface area (Å²) in [6.07, 6.45) is 4.31. The van der Waals surface area contributed by atoms with E-state index in [1.54, 1.807) is 17.5 Å². The summed E-state index contributed by atoms with van der Waals surface area (Å²) >= 11 is 5.33. The number of benzene rings is 2. The first-order valence-electron chi connectivity index (χ1n) is 12.4. The third kappa shape index (κ3) is 6.51. The van der Waals surface area contributed by atoms with Gasteiger partial charge in [-0.25, -0.2) is 4.98 Å². The number of piperazine rings is 1. The minimum Gasteiger partial charge on any atom is -0.322 e. The molecule has 2 aromatic heterocycles. The van der Waals surface area contributed by atoms with Crippen molar-refractivity contribution in [1.82, 2.24) is 19.8 Å². The van der Waals surface area contributed by atoms with Crippen LogP contribution in [0.5, 0.6) is 0 Å². The van der Waals surface area contributed by atoms with E-state index >= 15 is 0 Å². The minimum atomic E-state index is -0.116. The van der Waals surface area contributed by atoms with Crippen LogP contribution in [0.2, 0.25) is 0 Å². The van der Waals surface area contributed by atoms with Gasteiger partial charge in [-0.2, -0.15) is 0 Å². The highest BCUT2D eigenvalue weighted by Crippen LogP contribution is 2.26. The molecule has 1 N–H and O–H groups in total. The normalized spacial score (nSPS) is 14.6. The van der Waals surface area contributed by atoms with Crippen LogP contribution in [0, 0.1) is 6.92 Å². The highest BCUT2D eigenvalue weighted by Gasteiger charge is 2.16. The third-order valence-electron chi connectivity index (χ3n) is 6.76. The fourth-order valence-corrected chi connectivity index (χ4v) is 5.74. The molecule has 1 saturated heterocycles. The summed E-state index contributed by atoms with van der Waals surface area (Å²) in [7, 11) is 2.16. The lowest BCUT2D eigenvalue weighted by atomic mass is 10.0. The Balaban J connectivity index is 1.24. The molecule has 1 amide bonds.